The Morgan fingerprint density at radius 3 is 2.47 bits per heavy atom. The Kier molecular flexibility index (Phi) is 4.19. The molecular formula is C14H17NO3S. The first kappa shape index (κ1) is 14.0. The topological polar surface area (TPSA) is 55.4 Å². The van der Waals surface area contributed by atoms with Crippen LogP contribution in [0.3, 0.4) is 0 Å². The summed E-state index contributed by atoms with van der Waals surface area (Å²) in [5.74, 6) is 0.263. The van der Waals surface area contributed by atoms with Crippen molar-refractivity contribution in [2.24, 2.45) is 5.92 Å². The minimum atomic E-state index is -3.62. The molecule has 2 aromatic carbocycles. The van der Waals surface area contributed by atoms with Crippen molar-refractivity contribution in [3.05, 3.63) is 42.5 Å². The molecule has 102 valence electrons. The molecule has 0 aliphatic heterocycles. The summed E-state index contributed by atoms with van der Waals surface area (Å²) in [6, 6.07) is 12.6. The molecule has 0 saturated carbocycles. The molecule has 0 aromatic heterocycles. The molecule has 2 aromatic rings. The molecule has 0 fully saturated rings. The largest absolute Gasteiger partial charge is 0.287 e. The fraction of sp³-hybridized carbons (Fsp3) is 0.286. The van der Waals surface area contributed by atoms with Gasteiger partial charge in [0.1, 0.15) is 0 Å². The molecule has 4 nitrogen and oxygen atoms in total. The SMILES string of the molecule is CC(C)CONS(=O)(=O)c1ccc2ccccc2c1. The van der Waals surface area contributed by atoms with Crippen molar-refractivity contribution in [2.75, 3.05) is 6.61 Å². The lowest BCUT2D eigenvalue weighted by Crippen LogP contribution is -2.25. The molecule has 0 radical (unpaired) electrons. The van der Waals surface area contributed by atoms with E-state index in [1.807, 2.05) is 38.1 Å². The van der Waals surface area contributed by atoms with Crippen molar-refractivity contribution in [1.82, 2.24) is 4.89 Å². The minimum Gasteiger partial charge on any atom is -0.287 e. The maximum absolute atomic E-state index is 12.0. The summed E-state index contributed by atoms with van der Waals surface area (Å²) in [5, 5.41) is 1.89. The third kappa shape index (κ3) is 3.53. The van der Waals surface area contributed by atoms with Crippen LogP contribution in [-0.4, -0.2) is 15.0 Å². The fourth-order valence-corrected chi connectivity index (χ4v) is 2.51. The molecule has 0 spiro atoms. The zero-order valence-electron chi connectivity index (χ0n) is 11.0. The average Bonchev–Trinajstić information content (AvgIpc) is 2.37. The van der Waals surface area contributed by atoms with Crippen molar-refractivity contribution < 1.29 is 13.3 Å². The predicted octanol–water partition coefficient (Wildman–Crippen LogP) is 2.71. The Morgan fingerprint density at radius 1 is 1.11 bits per heavy atom. The van der Waals surface area contributed by atoms with Crippen molar-refractivity contribution >= 4 is 20.8 Å². The fourth-order valence-electron chi connectivity index (χ4n) is 1.66. The Labute approximate surface area is 113 Å². The van der Waals surface area contributed by atoms with Gasteiger partial charge in [-0.25, -0.2) is 8.42 Å². The minimum absolute atomic E-state index is 0.204. The van der Waals surface area contributed by atoms with Crippen LogP contribution in [0.15, 0.2) is 47.4 Å². The number of sulfonamides is 1. The van der Waals surface area contributed by atoms with Gasteiger partial charge in [0.25, 0.3) is 10.0 Å². The third-order valence-electron chi connectivity index (χ3n) is 2.62. The summed E-state index contributed by atoms with van der Waals surface area (Å²) in [6.45, 7) is 4.24. The molecule has 1 N–H and O–H groups in total. The van der Waals surface area contributed by atoms with Gasteiger partial charge in [0.05, 0.1) is 11.5 Å². The highest BCUT2D eigenvalue weighted by Crippen LogP contribution is 2.18. The molecule has 0 aliphatic carbocycles. The highest BCUT2D eigenvalue weighted by Gasteiger charge is 2.14. The Balaban J connectivity index is 2.22. The lowest BCUT2D eigenvalue weighted by atomic mass is 10.1. The highest BCUT2D eigenvalue weighted by molar-refractivity contribution is 7.89. The molecule has 2 rings (SSSR count). The van der Waals surface area contributed by atoms with E-state index in [1.54, 1.807) is 18.2 Å². The summed E-state index contributed by atoms with van der Waals surface area (Å²) < 4.78 is 24.0. The second kappa shape index (κ2) is 5.69. The van der Waals surface area contributed by atoms with Crippen LogP contribution in [0.1, 0.15) is 13.8 Å². The summed E-state index contributed by atoms with van der Waals surface area (Å²) in [4.78, 5) is 7.34. The number of hydrogen-bond acceptors (Lipinski definition) is 3. The van der Waals surface area contributed by atoms with E-state index in [-0.39, 0.29) is 10.8 Å². The van der Waals surface area contributed by atoms with E-state index in [4.69, 9.17) is 4.84 Å². The molecule has 5 heteroatoms. The van der Waals surface area contributed by atoms with E-state index in [9.17, 15) is 8.42 Å². The van der Waals surface area contributed by atoms with E-state index >= 15 is 0 Å². The van der Waals surface area contributed by atoms with Crippen LogP contribution in [0, 0.1) is 5.92 Å². The zero-order chi connectivity index (χ0) is 13.9. The van der Waals surface area contributed by atoms with E-state index in [2.05, 4.69) is 4.89 Å². The maximum atomic E-state index is 12.0. The Bertz CT molecular complexity index is 665. The van der Waals surface area contributed by atoms with E-state index in [1.165, 1.54) is 0 Å². The zero-order valence-corrected chi connectivity index (χ0v) is 11.8. The smallest absolute Gasteiger partial charge is 0.262 e. The number of fused-ring (bicyclic) bond motifs is 1. The van der Waals surface area contributed by atoms with Gasteiger partial charge in [0, 0.05) is 0 Å². The van der Waals surface area contributed by atoms with Gasteiger partial charge in [-0.3, -0.25) is 4.84 Å². The highest BCUT2D eigenvalue weighted by atomic mass is 32.2. The quantitative estimate of drug-likeness (QED) is 0.856. The lowest BCUT2D eigenvalue weighted by Gasteiger charge is -2.09. The van der Waals surface area contributed by atoms with Crippen LogP contribution in [0.5, 0.6) is 0 Å². The van der Waals surface area contributed by atoms with Crippen molar-refractivity contribution in [3.63, 3.8) is 0 Å². The van der Waals surface area contributed by atoms with Gasteiger partial charge in [-0.1, -0.05) is 49.1 Å². The first-order valence-corrected chi connectivity index (χ1v) is 7.60. The summed E-state index contributed by atoms with van der Waals surface area (Å²) in [6.07, 6.45) is 0. The van der Waals surface area contributed by atoms with Gasteiger partial charge in [-0.2, -0.15) is 0 Å². The molecule has 19 heavy (non-hydrogen) atoms. The monoisotopic (exact) mass is 279 g/mol. The molecule has 0 bridgehead atoms. The van der Waals surface area contributed by atoms with Crippen molar-refractivity contribution in [2.45, 2.75) is 18.7 Å². The van der Waals surface area contributed by atoms with Crippen molar-refractivity contribution in [3.8, 4) is 0 Å². The predicted molar refractivity (Wildman–Crippen MR) is 75.1 cm³/mol. The van der Waals surface area contributed by atoms with Crippen molar-refractivity contribution in [1.29, 1.82) is 0 Å². The summed E-state index contributed by atoms with van der Waals surface area (Å²) in [5.41, 5.74) is 0. The molecule has 0 saturated heterocycles. The number of hydrogen-bond donors (Lipinski definition) is 1. The average molecular weight is 279 g/mol. The first-order valence-electron chi connectivity index (χ1n) is 6.11. The standard InChI is InChI=1S/C14H17NO3S/c1-11(2)10-18-15-19(16,17)14-8-7-12-5-3-4-6-13(12)9-14/h3-9,11,15H,10H2,1-2H3. The first-order chi connectivity index (χ1) is 8.99. The van der Waals surface area contributed by atoms with Gasteiger partial charge in [0.2, 0.25) is 0 Å². The van der Waals surface area contributed by atoms with Gasteiger partial charge in [0.15, 0.2) is 0 Å². The Hall–Kier alpha value is -1.43. The molecule has 0 aliphatic rings. The molecule has 0 unspecified atom stereocenters. The van der Waals surface area contributed by atoms with Crippen LogP contribution in [-0.2, 0) is 14.9 Å². The van der Waals surface area contributed by atoms with Gasteiger partial charge >= 0.3 is 0 Å². The van der Waals surface area contributed by atoms with E-state index in [0.717, 1.165) is 10.8 Å². The summed E-state index contributed by atoms with van der Waals surface area (Å²) >= 11 is 0. The second-order valence-corrected chi connectivity index (χ2v) is 6.45. The van der Waals surface area contributed by atoms with Gasteiger partial charge in [-0.05, 0) is 28.8 Å². The van der Waals surface area contributed by atoms with Crippen LogP contribution < -0.4 is 4.89 Å². The van der Waals surface area contributed by atoms with Crippen LogP contribution in [0.25, 0.3) is 10.8 Å². The van der Waals surface area contributed by atoms with E-state index in [0.29, 0.717) is 6.61 Å². The molecular weight excluding hydrogens is 262 g/mol. The van der Waals surface area contributed by atoms with Crippen LogP contribution in [0.2, 0.25) is 0 Å². The normalized spacial score (nSPS) is 12.2. The molecule has 0 amide bonds. The van der Waals surface area contributed by atoms with Gasteiger partial charge in [-0.15, -0.1) is 0 Å². The molecule has 0 heterocycles. The third-order valence-corrected chi connectivity index (χ3v) is 3.83. The maximum Gasteiger partial charge on any atom is 0.262 e. The van der Waals surface area contributed by atoms with E-state index < -0.39 is 10.0 Å². The van der Waals surface area contributed by atoms with Gasteiger partial charge < -0.3 is 0 Å². The number of benzene rings is 2. The second-order valence-electron chi connectivity index (χ2n) is 4.80. The molecule has 0 atom stereocenters. The number of nitrogens with one attached hydrogen (secondary N) is 1. The van der Waals surface area contributed by atoms with Crippen LogP contribution >= 0.6 is 0 Å². The van der Waals surface area contributed by atoms with Crippen LogP contribution in [0.4, 0.5) is 0 Å². The summed E-state index contributed by atoms with van der Waals surface area (Å²) in [7, 11) is -3.62. The Morgan fingerprint density at radius 2 is 1.79 bits per heavy atom. The lowest BCUT2D eigenvalue weighted by molar-refractivity contribution is 0.0719. The number of rotatable bonds is 5.